The second-order valence-corrected chi connectivity index (χ2v) is 12.8. The molecule has 0 aliphatic carbocycles. The Hall–Kier alpha value is -3.50. The number of sulfone groups is 1. The Kier molecular flexibility index (Phi) is 7.59. The topological polar surface area (TPSA) is 119 Å². The molecule has 9 nitrogen and oxygen atoms in total. The number of ether oxygens (including phenoxy) is 2. The third-order valence-electron chi connectivity index (χ3n) is 7.42. The quantitative estimate of drug-likeness (QED) is 0.300. The molecule has 5 rings (SSSR count). The van der Waals surface area contributed by atoms with Gasteiger partial charge in [-0.05, 0) is 81.3 Å². The molecule has 2 N–H and O–H groups in total. The fourth-order valence-corrected chi connectivity index (χ4v) is 6.52. The van der Waals surface area contributed by atoms with E-state index in [-0.39, 0.29) is 0 Å². The van der Waals surface area contributed by atoms with E-state index in [1.165, 1.54) is 5.56 Å². The third kappa shape index (κ3) is 5.35. The van der Waals surface area contributed by atoms with E-state index in [1.54, 1.807) is 33.1 Å². The van der Waals surface area contributed by atoms with Crippen molar-refractivity contribution in [1.82, 2.24) is 20.2 Å². The number of aryl methyl sites for hydroxylation is 2. The Morgan fingerprint density at radius 2 is 1.87 bits per heavy atom. The van der Waals surface area contributed by atoms with Crippen LogP contribution in [0.4, 0.5) is 11.6 Å². The Balaban J connectivity index is 1.54. The first-order valence-electron chi connectivity index (χ1n) is 13.3. The molecule has 4 aromatic rings. The SMILES string of the molecule is COc1cc(C2CCOCC2)c(C)cc1Nc1nc(Cc2ccccc2S(=O)(=O)C(C)C)c2c(C)[nH]nc2n1. The Labute approximate surface area is 229 Å². The normalized spacial score (nSPS) is 14.7. The fourth-order valence-electron chi connectivity index (χ4n) is 5.24. The number of anilines is 2. The Bertz CT molecular complexity index is 1610. The van der Waals surface area contributed by atoms with Crippen molar-refractivity contribution in [3.8, 4) is 5.75 Å². The zero-order valence-electron chi connectivity index (χ0n) is 23.0. The summed E-state index contributed by atoms with van der Waals surface area (Å²) in [7, 11) is -1.82. The van der Waals surface area contributed by atoms with Gasteiger partial charge in [0.05, 0.1) is 34.0 Å². The van der Waals surface area contributed by atoms with E-state index in [1.807, 2.05) is 19.1 Å². The van der Waals surface area contributed by atoms with Crippen LogP contribution in [0.5, 0.6) is 5.75 Å². The highest BCUT2D eigenvalue weighted by Crippen LogP contribution is 2.37. The van der Waals surface area contributed by atoms with Crippen LogP contribution < -0.4 is 10.1 Å². The van der Waals surface area contributed by atoms with Crippen LogP contribution in [0.1, 0.15) is 60.7 Å². The maximum absolute atomic E-state index is 13.1. The molecule has 0 spiro atoms. The molecule has 10 heteroatoms. The van der Waals surface area contributed by atoms with Crippen molar-refractivity contribution in [2.75, 3.05) is 25.6 Å². The lowest BCUT2D eigenvalue weighted by molar-refractivity contribution is 0.0852. The van der Waals surface area contributed by atoms with E-state index in [4.69, 9.17) is 14.5 Å². The van der Waals surface area contributed by atoms with Gasteiger partial charge < -0.3 is 14.8 Å². The minimum atomic E-state index is -3.47. The molecular formula is C29H35N5O4S. The average Bonchev–Trinajstić information content (AvgIpc) is 3.30. The molecule has 1 aliphatic heterocycles. The van der Waals surface area contributed by atoms with Gasteiger partial charge in [-0.15, -0.1) is 0 Å². The summed E-state index contributed by atoms with van der Waals surface area (Å²) in [6, 6.07) is 11.3. The van der Waals surface area contributed by atoms with Crippen molar-refractivity contribution in [1.29, 1.82) is 0 Å². The highest BCUT2D eigenvalue weighted by molar-refractivity contribution is 7.92. The van der Waals surface area contributed by atoms with Crippen LogP contribution in [0.25, 0.3) is 11.0 Å². The zero-order valence-corrected chi connectivity index (χ0v) is 23.9. The van der Waals surface area contributed by atoms with Gasteiger partial charge >= 0.3 is 0 Å². The molecule has 39 heavy (non-hydrogen) atoms. The predicted molar refractivity (Wildman–Crippen MR) is 152 cm³/mol. The number of methoxy groups -OCH3 is 1. The number of nitrogens with one attached hydrogen (secondary N) is 2. The summed E-state index contributed by atoms with van der Waals surface area (Å²) in [6.45, 7) is 8.95. The summed E-state index contributed by atoms with van der Waals surface area (Å²) in [6.07, 6.45) is 2.30. The van der Waals surface area contributed by atoms with Crippen molar-refractivity contribution in [3.63, 3.8) is 0 Å². The molecular weight excluding hydrogens is 514 g/mol. The van der Waals surface area contributed by atoms with Crippen molar-refractivity contribution in [3.05, 3.63) is 64.5 Å². The number of benzene rings is 2. The van der Waals surface area contributed by atoms with Gasteiger partial charge in [0.25, 0.3) is 0 Å². The maximum Gasteiger partial charge on any atom is 0.229 e. The summed E-state index contributed by atoms with van der Waals surface area (Å²) >= 11 is 0. The van der Waals surface area contributed by atoms with Crippen LogP contribution in [-0.4, -0.2) is 54.2 Å². The molecule has 0 atom stereocenters. The monoisotopic (exact) mass is 549 g/mol. The van der Waals surface area contributed by atoms with Gasteiger partial charge in [0, 0.05) is 25.3 Å². The van der Waals surface area contributed by atoms with E-state index in [2.05, 4.69) is 39.6 Å². The van der Waals surface area contributed by atoms with Crippen LogP contribution in [0, 0.1) is 13.8 Å². The molecule has 0 saturated carbocycles. The van der Waals surface area contributed by atoms with E-state index < -0.39 is 15.1 Å². The lowest BCUT2D eigenvalue weighted by Crippen LogP contribution is -2.16. The first-order chi connectivity index (χ1) is 18.7. The van der Waals surface area contributed by atoms with Crippen LogP contribution in [0.2, 0.25) is 0 Å². The van der Waals surface area contributed by atoms with Crippen LogP contribution in [0.15, 0.2) is 41.3 Å². The zero-order chi connectivity index (χ0) is 27.7. The van der Waals surface area contributed by atoms with Crippen molar-refractivity contribution in [2.24, 2.45) is 0 Å². The van der Waals surface area contributed by atoms with E-state index in [0.29, 0.717) is 45.8 Å². The number of aromatic nitrogens is 4. The van der Waals surface area contributed by atoms with Crippen LogP contribution in [0.3, 0.4) is 0 Å². The molecule has 0 bridgehead atoms. The first kappa shape index (κ1) is 27.1. The van der Waals surface area contributed by atoms with Gasteiger partial charge in [-0.1, -0.05) is 18.2 Å². The second kappa shape index (κ2) is 10.9. The summed E-state index contributed by atoms with van der Waals surface area (Å²) in [5.74, 6) is 1.51. The largest absolute Gasteiger partial charge is 0.495 e. The van der Waals surface area contributed by atoms with Crippen molar-refractivity contribution < 1.29 is 17.9 Å². The summed E-state index contributed by atoms with van der Waals surface area (Å²) in [5, 5.41) is 11.0. The number of nitrogens with zero attached hydrogens (tertiary/aromatic N) is 3. The minimum Gasteiger partial charge on any atom is -0.495 e. The standard InChI is InChI=1S/C29H35N5O4S/c1-17(2)39(35,36)26-9-7-6-8-21(26)15-24-27-19(4)33-34-28(27)32-29(31-24)30-23-14-18(3)22(16-25(23)37-5)20-10-12-38-13-11-20/h6-9,14,16-17,20H,10-13,15H2,1-5H3,(H2,30,31,32,33,34). The minimum absolute atomic E-state index is 0.315. The molecule has 0 radical (unpaired) electrons. The van der Waals surface area contributed by atoms with Crippen molar-refractivity contribution >= 4 is 32.5 Å². The summed E-state index contributed by atoms with van der Waals surface area (Å²) < 4.78 is 37.5. The van der Waals surface area contributed by atoms with E-state index >= 15 is 0 Å². The van der Waals surface area contributed by atoms with Gasteiger partial charge in [0.15, 0.2) is 15.5 Å². The number of rotatable bonds is 8. The number of hydrogen-bond acceptors (Lipinski definition) is 8. The molecule has 2 aromatic heterocycles. The van der Waals surface area contributed by atoms with Crippen molar-refractivity contribution in [2.45, 2.75) is 63.0 Å². The van der Waals surface area contributed by atoms with Gasteiger partial charge in [-0.2, -0.15) is 10.1 Å². The van der Waals surface area contributed by atoms with E-state index in [9.17, 15) is 8.42 Å². The van der Waals surface area contributed by atoms with E-state index in [0.717, 1.165) is 48.4 Å². The highest BCUT2D eigenvalue weighted by atomic mass is 32.2. The highest BCUT2D eigenvalue weighted by Gasteiger charge is 2.24. The maximum atomic E-state index is 13.1. The number of H-pyrrole nitrogens is 1. The fraction of sp³-hybridized carbons (Fsp3) is 0.414. The molecule has 0 amide bonds. The Morgan fingerprint density at radius 3 is 2.59 bits per heavy atom. The molecule has 1 fully saturated rings. The first-order valence-corrected chi connectivity index (χ1v) is 14.8. The van der Waals surface area contributed by atoms with Crippen LogP contribution in [-0.2, 0) is 21.0 Å². The lowest BCUT2D eigenvalue weighted by Gasteiger charge is -2.25. The smallest absolute Gasteiger partial charge is 0.229 e. The molecule has 1 saturated heterocycles. The van der Waals surface area contributed by atoms with Gasteiger partial charge in [-0.25, -0.2) is 13.4 Å². The van der Waals surface area contributed by atoms with Crippen LogP contribution >= 0.6 is 0 Å². The second-order valence-electron chi connectivity index (χ2n) is 10.3. The molecule has 3 heterocycles. The van der Waals surface area contributed by atoms with Gasteiger partial charge in [-0.3, -0.25) is 5.10 Å². The molecule has 2 aromatic carbocycles. The third-order valence-corrected chi connectivity index (χ3v) is 9.68. The summed E-state index contributed by atoms with van der Waals surface area (Å²) in [5.41, 5.74) is 5.90. The Morgan fingerprint density at radius 1 is 1.13 bits per heavy atom. The predicted octanol–water partition coefficient (Wildman–Crippen LogP) is 5.39. The summed E-state index contributed by atoms with van der Waals surface area (Å²) in [4.78, 5) is 9.84. The number of hydrogen-bond donors (Lipinski definition) is 2. The lowest BCUT2D eigenvalue weighted by atomic mass is 9.88. The number of aromatic amines is 1. The number of fused-ring (bicyclic) bond motifs is 1. The van der Waals surface area contributed by atoms with Gasteiger partial charge in [0.1, 0.15) is 5.75 Å². The average molecular weight is 550 g/mol. The molecule has 206 valence electrons. The molecule has 1 aliphatic rings. The molecule has 0 unspecified atom stereocenters. The van der Waals surface area contributed by atoms with Gasteiger partial charge in [0.2, 0.25) is 5.95 Å².